The highest BCUT2D eigenvalue weighted by atomic mass is 79.9. The van der Waals surface area contributed by atoms with E-state index < -0.39 is 23.1 Å². The van der Waals surface area contributed by atoms with Gasteiger partial charge in [0.2, 0.25) is 10.0 Å². The molecule has 0 aliphatic rings. The number of hydrogen-bond donors (Lipinski definition) is 2. The first-order valence-corrected chi connectivity index (χ1v) is 8.41. The van der Waals surface area contributed by atoms with Crippen LogP contribution in [-0.2, 0) is 14.8 Å². The molecule has 114 valence electrons. The van der Waals surface area contributed by atoms with Crippen LogP contribution >= 0.6 is 31.9 Å². The highest BCUT2D eigenvalue weighted by Crippen LogP contribution is 2.32. The molecule has 5 nitrogen and oxygen atoms in total. The van der Waals surface area contributed by atoms with Crippen molar-refractivity contribution in [2.75, 3.05) is 25.5 Å². The Morgan fingerprint density at radius 2 is 1.85 bits per heavy atom. The van der Waals surface area contributed by atoms with Crippen LogP contribution < -0.4 is 10.5 Å². The number of ether oxygens (including phenoxy) is 1. The number of nitrogen functional groups attached to an aromatic ring is 1. The van der Waals surface area contributed by atoms with E-state index in [1.165, 1.54) is 12.1 Å². The SMILES string of the molecule is Nc1cc(Br)c(S(=O)(=O)NCCOCC(F)F)c(Br)c1. The third-order valence-electron chi connectivity index (χ3n) is 2.07. The lowest BCUT2D eigenvalue weighted by atomic mass is 10.3. The van der Waals surface area contributed by atoms with E-state index >= 15 is 0 Å². The Morgan fingerprint density at radius 3 is 2.35 bits per heavy atom. The summed E-state index contributed by atoms with van der Waals surface area (Å²) in [6.07, 6.45) is -2.58. The Labute approximate surface area is 132 Å². The average Bonchev–Trinajstić information content (AvgIpc) is 2.25. The van der Waals surface area contributed by atoms with Gasteiger partial charge in [0.05, 0.1) is 6.61 Å². The lowest BCUT2D eigenvalue weighted by molar-refractivity contribution is 0.0199. The highest BCUT2D eigenvalue weighted by molar-refractivity contribution is 9.11. The summed E-state index contributed by atoms with van der Waals surface area (Å²) in [5.74, 6) is 0. The third-order valence-corrected chi connectivity index (χ3v) is 5.41. The van der Waals surface area contributed by atoms with Crippen LogP contribution in [0.2, 0.25) is 0 Å². The van der Waals surface area contributed by atoms with Crippen molar-refractivity contribution in [3.05, 3.63) is 21.1 Å². The van der Waals surface area contributed by atoms with E-state index in [0.29, 0.717) is 14.6 Å². The average molecular weight is 438 g/mol. The fourth-order valence-corrected chi connectivity index (χ4v) is 4.96. The predicted molar refractivity (Wildman–Crippen MR) is 78.3 cm³/mol. The summed E-state index contributed by atoms with van der Waals surface area (Å²) in [5.41, 5.74) is 5.96. The molecule has 0 atom stereocenters. The molecule has 0 aliphatic heterocycles. The van der Waals surface area contributed by atoms with Crippen molar-refractivity contribution in [2.24, 2.45) is 0 Å². The van der Waals surface area contributed by atoms with Gasteiger partial charge in [0.1, 0.15) is 11.5 Å². The Balaban J connectivity index is 2.70. The Bertz CT molecular complexity index is 547. The van der Waals surface area contributed by atoms with E-state index in [0.717, 1.165) is 0 Å². The maximum Gasteiger partial charge on any atom is 0.261 e. The number of halogens is 4. The summed E-state index contributed by atoms with van der Waals surface area (Å²) in [6.45, 7) is -0.983. The van der Waals surface area contributed by atoms with Crippen LogP contribution in [0.15, 0.2) is 26.0 Å². The minimum absolute atomic E-state index is 0.0134. The Kier molecular flexibility index (Phi) is 6.79. The van der Waals surface area contributed by atoms with Crippen molar-refractivity contribution < 1.29 is 21.9 Å². The zero-order chi connectivity index (χ0) is 15.3. The second-order valence-corrected chi connectivity index (χ2v) is 7.09. The summed E-state index contributed by atoms with van der Waals surface area (Å²) >= 11 is 6.23. The summed E-state index contributed by atoms with van der Waals surface area (Å²) in [5, 5.41) is 0. The number of nitrogens with one attached hydrogen (secondary N) is 1. The van der Waals surface area contributed by atoms with Gasteiger partial charge in [-0.25, -0.2) is 21.9 Å². The zero-order valence-corrected chi connectivity index (χ0v) is 14.1. The van der Waals surface area contributed by atoms with Crippen molar-refractivity contribution in [1.29, 1.82) is 0 Å². The van der Waals surface area contributed by atoms with Gasteiger partial charge in [-0.3, -0.25) is 0 Å². The third kappa shape index (κ3) is 5.24. The van der Waals surface area contributed by atoms with Crippen molar-refractivity contribution in [3.8, 4) is 0 Å². The molecule has 20 heavy (non-hydrogen) atoms. The minimum atomic E-state index is -3.81. The summed E-state index contributed by atoms with van der Waals surface area (Å²) in [7, 11) is -3.81. The number of sulfonamides is 1. The van der Waals surface area contributed by atoms with Gasteiger partial charge in [-0.15, -0.1) is 0 Å². The molecule has 10 heteroatoms. The monoisotopic (exact) mass is 436 g/mol. The lowest BCUT2D eigenvalue weighted by Gasteiger charge is -2.11. The van der Waals surface area contributed by atoms with Crippen molar-refractivity contribution in [1.82, 2.24) is 4.72 Å². The molecule has 3 N–H and O–H groups in total. The van der Waals surface area contributed by atoms with Gasteiger partial charge in [-0.2, -0.15) is 0 Å². The van der Waals surface area contributed by atoms with E-state index in [1.807, 2.05) is 0 Å². The molecule has 0 bridgehead atoms. The van der Waals surface area contributed by atoms with E-state index in [2.05, 4.69) is 41.3 Å². The largest absolute Gasteiger partial charge is 0.399 e. The molecule has 0 unspecified atom stereocenters. The number of anilines is 1. The van der Waals surface area contributed by atoms with E-state index in [1.54, 1.807) is 0 Å². The molecule has 1 aromatic rings. The van der Waals surface area contributed by atoms with Gasteiger partial charge in [0.25, 0.3) is 6.43 Å². The number of nitrogens with two attached hydrogens (primary N) is 1. The van der Waals surface area contributed by atoms with Crippen LogP contribution in [-0.4, -0.2) is 34.6 Å². The van der Waals surface area contributed by atoms with Crippen LogP contribution in [0, 0.1) is 0 Å². The molecule has 0 saturated carbocycles. The first-order chi connectivity index (χ1) is 9.24. The number of benzene rings is 1. The molecule has 0 radical (unpaired) electrons. The van der Waals surface area contributed by atoms with E-state index in [-0.39, 0.29) is 18.0 Å². The van der Waals surface area contributed by atoms with Gasteiger partial charge in [0.15, 0.2) is 0 Å². The van der Waals surface area contributed by atoms with Gasteiger partial charge in [-0.1, -0.05) is 0 Å². The van der Waals surface area contributed by atoms with Crippen LogP contribution in [0.1, 0.15) is 0 Å². The van der Waals surface area contributed by atoms with Crippen molar-refractivity contribution in [3.63, 3.8) is 0 Å². The summed E-state index contributed by atoms with van der Waals surface area (Å²) in [6, 6.07) is 2.90. The molecule has 0 aromatic heterocycles. The first-order valence-electron chi connectivity index (χ1n) is 5.34. The van der Waals surface area contributed by atoms with Gasteiger partial charge < -0.3 is 10.5 Å². The number of hydrogen-bond acceptors (Lipinski definition) is 4. The second kappa shape index (κ2) is 7.64. The summed E-state index contributed by atoms with van der Waals surface area (Å²) < 4.78 is 55.2. The molecule has 0 heterocycles. The van der Waals surface area contributed by atoms with Crippen molar-refractivity contribution in [2.45, 2.75) is 11.3 Å². The molecule has 0 aliphatic carbocycles. The molecular weight excluding hydrogens is 426 g/mol. The van der Waals surface area contributed by atoms with E-state index in [9.17, 15) is 17.2 Å². The van der Waals surface area contributed by atoms with Crippen LogP contribution in [0.4, 0.5) is 14.5 Å². The predicted octanol–water partition coefficient (Wildman–Crippen LogP) is 2.35. The molecule has 0 saturated heterocycles. The topological polar surface area (TPSA) is 81.4 Å². The van der Waals surface area contributed by atoms with Gasteiger partial charge >= 0.3 is 0 Å². The molecule has 1 rings (SSSR count). The van der Waals surface area contributed by atoms with E-state index in [4.69, 9.17) is 5.73 Å². The zero-order valence-electron chi connectivity index (χ0n) is 10.1. The van der Waals surface area contributed by atoms with Crippen molar-refractivity contribution >= 4 is 47.6 Å². The fraction of sp³-hybridized carbons (Fsp3) is 0.400. The maximum absolute atomic E-state index is 12.1. The molecule has 0 amide bonds. The highest BCUT2D eigenvalue weighted by Gasteiger charge is 2.21. The second-order valence-electron chi connectivity index (χ2n) is 3.68. The Morgan fingerprint density at radius 1 is 1.30 bits per heavy atom. The van der Waals surface area contributed by atoms with Crippen LogP contribution in [0.25, 0.3) is 0 Å². The maximum atomic E-state index is 12.1. The standard InChI is InChI=1S/C10H12Br2F2N2O3S/c11-7-3-6(15)4-8(12)10(7)20(17,18)16-1-2-19-5-9(13)14/h3-4,9,16H,1-2,5,15H2. The molecule has 0 fully saturated rings. The first kappa shape index (κ1) is 17.8. The molecule has 1 aromatic carbocycles. The van der Waals surface area contributed by atoms with Crippen LogP contribution in [0.3, 0.4) is 0 Å². The van der Waals surface area contributed by atoms with Gasteiger partial charge in [-0.05, 0) is 44.0 Å². The molecular formula is C10H12Br2F2N2O3S. The quantitative estimate of drug-likeness (QED) is 0.506. The van der Waals surface area contributed by atoms with Gasteiger partial charge in [0, 0.05) is 21.2 Å². The lowest BCUT2D eigenvalue weighted by Crippen LogP contribution is -2.28. The normalized spacial score (nSPS) is 12.1. The minimum Gasteiger partial charge on any atom is -0.399 e. The fourth-order valence-electron chi connectivity index (χ4n) is 1.33. The molecule has 0 spiro atoms. The van der Waals surface area contributed by atoms with Crippen LogP contribution in [0.5, 0.6) is 0 Å². The number of alkyl halides is 2. The summed E-state index contributed by atoms with van der Waals surface area (Å²) in [4.78, 5) is -0.0134. The Hall–Kier alpha value is -0.290. The number of rotatable bonds is 7. The smallest absolute Gasteiger partial charge is 0.261 e.